The molecule has 9 heteroatoms. The molecule has 1 aromatic carbocycles. The lowest BCUT2D eigenvalue weighted by molar-refractivity contribution is -0.385. The lowest BCUT2D eigenvalue weighted by atomic mass is 10.2. The molecule has 112 valence electrons. The molecule has 0 heterocycles. The average molecular weight is 322 g/mol. The molecule has 0 aliphatic carbocycles. The van der Waals surface area contributed by atoms with Gasteiger partial charge in [-0.15, -0.1) is 0 Å². The van der Waals surface area contributed by atoms with E-state index in [-0.39, 0.29) is 5.69 Å². The molecule has 0 radical (unpaired) electrons. The number of hydrogen-bond donors (Lipinski definition) is 2. The van der Waals surface area contributed by atoms with Crippen molar-refractivity contribution in [2.24, 2.45) is 0 Å². The minimum Gasteiger partial charge on any atom is -0.312 e. The molecule has 1 rings (SSSR count). The van der Waals surface area contributed by atoms with Crippen molar-refractivity contribution in [2.75, 3.05) is 19.3 Å². The zero-order chi connectivity index (χ0) is 15.2. The van der Waals surface area contributed by atoms with Crippen LogP contribution in [0.3, 0.4) is 0 Å². The van der Waals surface area contributed by atoms with Crippen LogP contribution in [0.25, 0.3) is 0 Å². The van der Waals surface area contributed by atoms with E-state index in [1.165, 1.54) is 6.07 Å². The first-order valence-electron chi connectivity index (χ1n) is 5.88. The zero-order valence-electron chi connectivity index (χ0n) is 10.9. The van der Waals surface area contributed by atoms with Gasteiger partial charge >= 0.3 is 0 Å². The highest BCUT2D eigenvalue weighted by molar-refractivity contribution is 7.88. The van der Waals surface area contributed by atoms with Crippen LogP contribution >= 0.6 is 11.6 Å². The molecule has 0 amide bonds. The molecule has 0 aromatic heterocycles. The summed E-state index contributed by atoms with van der Waals surface area (Å²) in [5.74, 6) is 0. The highest BCUT2D eigenvalue weighted by Gasteiger charge is 2.13. The first-order chi connectivity index (χ1) is 9.29. The second-order valence-electron chi connectivity index (χ2n) is 4.23. The number of nitro groups is 1. The number of rotatable bonds is 8. The van der Waals surface area contributed by atoms with Crippen molar-refractivity contribution in [2.45, 2.75) is 13.0 Å². The van der Waals surface area contributed by atoms with E-state index in [9.17, 15) is 18.5 Å². The van der Waals surface area contributed by atoms with Gasteiger partial charge in [0, 0.05) is 29.7 Å². The molecule has 7 nitrogen and oxygen atoms in total. The molecule has 0 spiro atoms. The maximum absolute atomic E-state index is 10.9. The van der Waals surface area contributed by atoms with E-state index in [0.29, 0.717) is 36.6 Å². The molecule has 0 unspecified atom stereocenters. The first-order valence-corrected chi connectivity index (χ1v) is 8.15. The van der Waals surface area contributed by atoms with E-state index in [1.807, 2.05) is 0 Å². The van der Waals surface area contributed by atoms with Gasteiger partial charge in [-0.1, -0.05) is 11.6 Å². The Balaban J connectivity index is 2.41. The van der Waals surface area contributed by atoms with E-state index in [4.69, 9.17) is 11.6 Å². The number of sulfonamides is 1. The quantitative estimate of drug-likeness (QED) is 0.426. The molecule has 0 saturated carbocycles. The molecule has 0 aliphatic heterocycles. The summed E-state index contributed by atoms with van der Waals surface area (Å²) >= 11 is 5.72. The maximum atomic E-state index is 10.9. The van der Waals surface area contributed by atoms with Gasteiger partial charge < -0.3 is 5.32 Å². The second kappa shape index (κ2) is 7.53. The predicted octanol–water partition coefficient (Wildman–Crippen LogP) is 1.28. The Kier molecular flexibility index (Phi) is 6.34. The second-order valence-corrected chi connectivity index (χ2v) is 6.50. The third kappa shape index (κ3) is 6.29. The van der Waals surface area contributed by atoms with Crippen LogP contribution in [0.1, 0.15) is 12.0 Å². The molecular weight excluding hydrogens is 306 g/mol. The Morgan fingerprint density at radius 1 is 1.35 bits per heavy atom. The highest BCUT2D eigenvalue weighted by atomic mass is 35.5. The summed E-state index contributed by atoms with van der Waals surface area (Å²) in [4.78, 5) is 10.4. The Morgan fingerprint density at radius 2 is 2.05 bits per heavy atom. The SMILES string of the molecule is CS(=O)(=O)NCCCNCc1ccc(Cl)cc1[N+](=O)[O-]. The molecule has 0 saturated heterocycles. The van der Waals surface area contributed by atoms with Crippen LogP contribution in [-0.4, -0.2) is 32.7 Å². The Bertz CT molecular complexity index is 577. The van der Waals surface area contributed by atoms with Gasteiger partial charge in [0.15, 0.2) is 0 Å². The van der Waals surface area contributed by atoms with E-state index in [0.717, 1.165) is 6.26 Å². The van der Waals surface area contributed by atoms with Crippen molar-refractivity contribution >= 4 is 27.3 Å². The number of halogens is 1. The van der Waals surface area contributed by atoms with Crippen LogP contribution in [0.4, 0.5) is 5.69 Å². The molecule has 0 aliphatic rings. The fraction of sp³-hybridized carbons (Fsp3) is 0.455. The molecule has 0 atom stereocenters. The fourth-order valence-corrected chi connectivity index (χ4v) is 2.23. The molecule has 0 bridgehead atoms. The van der Waals surface area contributed by atoms with Gasteiger partial charge in [0.1, 0.15) is 0 Å². The van der Waals surface area contributed by atoms with Crippen molar-refractivity contribution in [3.8, 4) is 0 Å². The van der Waals surface area contributed by atoms with Gasteiger partial charge in [0.05, 0.1) is 11.2 Å². The summed E-state index contributed by atoms with van der Waals surface area (Å²) in [5.41, 5.74) is 0.509. The number of nitrogens with one attached hydrogen (secondary N) is 2. The van der Waals surface area contributed by atoms with Gasteiger partial charge in [-0.3, -0.25) is 10.1 Å². The van der Waals surface area contributed by atoms with Gasteiger partial charge in [0.25, 0.3) is 5.69 Å². The van der Waals surface area contributed by atoms with Crippen molar-refractivity contribution in [3.05, 3.63) is 38.9 Å². The molecule has 1 aromatic rings. The van der Waals surface area contributed by atoms with Crippen LogP contribution in [-0.2, 0) is 16.6 Å². The van der Waals surface area contributed by atoms with Crippen LogP contribution < -0.4 is 10.0 Å². The fourth-order valence-electron chi connectivity index (χ4n) is 1.55. The lowest BCUT2D eigenvalue weighted by Gasteiger charge is -2.06. The Labute approximate surface area is 122 Å². The van der Waals surface area contributed by atoms with Crippen LogP contribution in [0, 0.1) is 10.1 Å². The monoisotopic (exact) mass is 321 g/mol. The third-order valence-corrected chi connectivity index (χ3v) is 3.42. The zero-order valence-corrected chi connectivity index (χ0v) is 12.5. The summed E-state index contributed by atoms with van der Waals surface area (Å²) in [6.45, 7) is 1.20. The number of hydrogen-bond acceptors (Lipinski definition) is 5. The van der Waals surface area contributed by atoms with E-state index >= 15 is 0 Å². The maximum Gasteiger partial charge on any atom is 0.275 e. The van der Waals surface area contributed by atoms with E-state index < -0.39 is 14.9 Å². The number of nitrogens with zero attached hydrogens (tertiary/aromatic N) is 1. The van der Waals surface area contributed by atoms with Crippen LogP contribution in [0.5, 0.6) is 0 Å². The first kappa shape index (κ1) is 16.8. The normalized spacial score (nSPS) is 11.5. The Hall–Kier alpha value is -1.22. The number of benzene rings is 1. The van der Waals surface area contributed by atoms with E-state index in [1.54, 1.807) is 12.1 Å². The number of nitro benzene ring substituents is 1. The lowest BCUT2D eigenvalue weighted by Crippen LogP contribution is -2.26. The van der Waals surface area contributed by atoms with Gasteiger partial charge in [-0.2, -0.15) is 0 Å². The molecular formula is C11H16ClN3O4S. The van der Waals surface area contributed by atoms with Gasteiger partial charge in [-0.05, 0) is 25.1 Å². The summed E-state index contributed by atoms with van der Waals surface area (Å²) in [5, 5.41) is 14.2. The molecule has 0 fully saturated rings. The largest absolute Gasteiger partial charge is 0.312 e. The van der Waals surface area contributed by atoms with Gasteiger partial charge in [-0.25, -0.2) is 13.1 Å². The highest BCUT2D eigenvalue weighted by Crippen LogP contribution is 2.22. The van der Waals surface area contributed by atoms with Crippen LogP contribution in [0.2, 0.25) is 5.02 Å². The summed E-state index contributed by atoms with van der Waals surface area (Å²) in [6.07, 6.45) is 1.69. The van der Waals surface area contributed by atoms with Crippen molar-refractivity contribution < 1.29 is 13.3 Å². The van der Waals surface area contributed by atoms with Gasteiger partial charge in [0.2, 0.25) is 10.0 Å². The average Bonchev–Trinajstić information content (AvgIpc) is 2.33. The smallest absolute Gasteiger partial charge is 0.275 e. The Morgan fingerprint density at radius 3 is 2.65 bits per heavy atom. The summed E-state index contributed by atoms with van der Waals surface area (Å²) < 4.78 is 24.0. The minimum atomic E-state index is -3.17. The van der Waals surface area contributed by atoms with Crippen molar-refractivity contribution in [3.63, 3.8) is 0 Å². The van der Waals surface area contributed by atoms with Crippen molar-refractivity contribution in [1.29, 1.82) is 0 Å². The third-order valence-electron chi connectivity index (χ3n) is 2.45. The topological polar surface area (TPSA) is 101 Å². The summed E-state index contributed by atoms with van der Waals surface area (Å²) in [7, 11) is -3.17. The van der Waals surface area contributed by atoms with E-state index in [2.05, 4.69) is 10.0 Å². The molecule has 2 N–H and O–H groups in total. The van der Waals surface area contributed by atoms with Crippen LogP contribution in [0.15, 0.2) is 18.2 Å². The molecule has 20 heavy (non-hydrogen) atoms. The predicted molar refractivity (Wildman–Crippen MR) is 77.3 cm³/mol. The van der Waals surface area contributed by atoms with Crippen molar-refractivity contribution in [1.82, 2.24) is 10.0 Å². The minimum absolute atomic E-state index is 0.0285. The standard InChI is InChI=1S/C11H16ClN3O4S/c1-20(18,19)14-6-2-5-13-8-9-3-4-10(12)7-11(9)15(16)17/h3-4,7,13-14H,2,5-6,8H2,1H3. The summed E-state index contributed by atoms with van der Waals surface area (Å²) in [6, 6.07) is 4.50.